The molecule has 2 rings (SSSR count). The zero-order chi connectivity index (χ0) is 11.7. The van der Waals surface area contributed by atoms with Crippen LogP contribution in [0.5, 0.6) is 0 Å². The van der Waals surface area contributed by atoms with Crippen LogP contribution in [0.3, 0.4) is 0 Å². The van der Waals surface area contributed by atoms with Gasteiger partial charge in [0.05, 0.1) is 5.69 Å². The fraction of sp³-hybridized carbons (Fsp3) is 0.308. The highest BCUT2D eigenvalue weighted by Crippen LogP contribution is 2.26. The second kappa shape index (κ2) is 4.00. The van der Waals surface area contributed by atoms with Crippen molar-refractivity contribution in [2.24, 2.45) is 0 Å². The summed E-state index contributed by atoms with van der Waals surface area (Å²) in [6, 6.07) is 5.75. The number of benzene rings is 1. The van der Waals surface area contributed by atoms with Gasteiger partial charge in [-0.3, -0.25) is 0 Å². The number of aromatic nitrogens is 1. The lowest BCUT2D eigenvalue weighted by molar-refractivity contribution is 0.522. The number of hydrogen-bond donors (Lipinski definition) is 1. The average molecular weight is 216 g/mol. The first-order valence-electron chi connectivity index (χ1n) is 5.44. The molecule has 0 aliphatic rings. The van der Waals surface area contributed by atoms with E-state index < -0.39 is 0 Å². The van der Waals surface area contributed by atoms with Crippen LogP contribution in [0.25, 0.3) is 11.5 Å². The Hall–Kier alpha value is -1.77. The van der Waals surface area contributed by atoms with Crippen LogP contribution in [0.2, 0.25) is 0 Å². The second-order valence-electron chi connectivity index (χ2n) is 3.96. The third kappa shape index (κ3) is 1.81. The summed E-state index contributed by atoms with van der Waals surface area (Å²) in [6.45, 7) is 6.04. The van der Waals surface area contributed by atoms with E-state index in [1.54, 1.807) is 0 Å². The summed E-state index contributed by atoms with van der Waals surface area (Å²) in [5.41, 5.74) is 9.54. The average Bonchev–Trinajstić information content (AvgIpc) is 2.59. The maximum atomic E-state index is 5.72. The molecule has 0 bridgehead atoms. The van der Waals surface area contributed by atoms with Gasteiger partial charge in [0.1, 0.15) is 5.76 Å². The van der Waals surface area contributed by atoms with Gasteiger partial charge < -0.3 is 10.2 Å². The van der Waals surface area contributed by atoms with Crippen LogP contribution in [0.4, 0.5) is 5.69 Å². The molecule has 84 valence electrons. The monoisotopic (exact) mass is 216 g/mol. The Balaban J connectivity index is 2.50. The number of anilines is 1. The SMILES string of the molecule is CCc1oc(-c2ccc(N)cc2C)nc1C. The Labute approximate surface area is 95.3 Å². The van der Waals surface area contributed by atoms with E-state index in [0.29, 0.717) is 5.89 Å². The number of nitrogens with two attached hydrogens (primary N) is 1. The molecule has 16 heavy (non-hydrogen) atoms. The van der Waals surface area contributed by atoms with Crippen molar-refractivity contribution in [1.29, 1.82) is 0 Å². The quantitative estimate of drug-likeness (QED) is 0.785. The number of nitrogens with zero attached hydrogens (tertiary/aromatic N) is 1. The largest absolute Gasteiger partial charge is 0.441 e. The van der Waals surface area contributed by atoms with Gasteiger partial charge in [-0.05, 0) is 37.6 Å². The summed E-state index contributed by atoms with van der Waals surface area (Å²) in [6.07, 6.45) is 0.868. The highest BCUT2D eigenvalue weighted by molar-refractivity contribution is 5.62. The molecular weight excluding hydrogens is 200 g/mol. The van der Waals surface area contributed by atoms with Gasteiger partial charge in [-0.15, -0.1) is 0 Å². The lowest BCUT2D eigenvalue weighted by atomic mass is 10.1. The molecule has 0 radical (unpaired) electrons. The van der Waals surface area contributed by atoms with Crippen LogP contribution < -0.4 is 5.73 Å². The predicted octanol–water partition coefficient (Wildman–Crippen LogP) is 3.10. The molecule has 1 heterocycles. The molecule has 3 heteroatoms. The molecule has 0 aliphatic heterocycles. The van der Waals surface area contributed by atoms with Crippen LogP contribution in [0, 0.1) is 13.8 Å². The zero-order valence-corrected chi connectivity index (χ0v) is 9.87. The van der Waals surface area contributed by atoms with E-state index in [1.165, 1.54) is 0 Å². The van der Waals surface area contributed by atoms with E-state index in [9.17, 15) is 0 Å². The molecule has 0 saturated heterocycles. The normalized spacial score (nSPS) is 10.7. The smallest absolute Gasteiger partial charge is 0.226 e. The predicted molar refractivity (Wildman–Crippen MR) is 65.2 cm³/mol. The Kier molecular flexibility index (Phi) is 2.69. The van der Waals surface area contributed by atoms with E-state index in [-0.39, 0.29) is 0 Å². The molecular formula is C13H16N2O. The minimum Gasteiger partial charge on any atom is -0.441 e. The molecule has 0 spiro atoms. The maximum Gasteiger partial charge on any atom is 0.226 e. The van der Waals surface area contributed by atoms with Crippen molar-refractivity contribution in [3.63, 3.8) is 0 Å². The Morgan fingerprint density at radius 2 is 2.06 bits per heavy atom. The third-order valence-corrected chi connectivity index (χ3v) is 2.69. The number of oxazole rings is 1. The second-order valence-corrected chi connectivity index (χ2v) is 3.96. The van der Waals surface area contributed by atoms with Crippen molar-refractivity contribution in [3.05, 3.63) is 35.2 Å². The van der Waals surface area contributed by atoms with Crippen LogP contribution in [0.15, 0.2) is 22.6 Å². The highest BCUT2D eigenvalue weighted by atomic mass is 16.4. The number of aryl methyl sites for hydroxylation is 3. The molecule has 0 saturated carbocycles. The number of hydrogen-bond acceptors (Lipinski definition) is 3. The van der Waals surface area contributed by atoms with E-state index in [4.69, 9.17) is 10.2 Å². The minimum absolute atomic E-state index is 0.687. The molecule has 0 aliphatic carbocycles. The van der Waals surface area contributed by atoms with Crippen molar-refractivity contribution in [2.45, 2.75) is 27.2 Å². The third-order valence-electron chi connectivity index (χ3n) is 2.69. The summed E-state index contributed by atoms with van der Waals surface area (Å²) < 4.78 is 5.72. The summed E-state index contributed by atoms with van der Waals surface area (Å²) in [5.74, 6) is 1.64. The van der Waals surface area contributed by atoms with Gasteiger partial charge in [0.25, 0.3) is 0 Å². The molecule has 0 atom stereocenters. The Bertz CT molecular complexity index is 515. The van der Waals surface area contributed by atoms with E-state index in [2.05, 4.69) is 11.9 Å². The zero-order valence-electron chi connectivity index (χ0n) is 9.87. The van der Waals surface area contributed by atoms with Gasteiger partial charge in [-0.1, -0.05) is 6.92 Å². The molecule has 0 amide bonds. The van der Waals surface area contributed by atoms with Gasteiger partial charge in [0.15, 0.2) is 0 Å². The summed E-state index contributed by atoms with van der Waals surface area (Å²) >= 11 is 0. The van der Waals surface area contributed by atoms with Crippen molar-refractivity contribution >= 4 is 5.69 Å². The van der Waals surface area contributed by atoms with Gasteiger partial charge >= 0.3 is 0 Å². The fourth-order valence-electron chi connectivity index (χ4n) is 1.80. The highest BCUT2D eigenvalue weighted by Gasteiger charge is 2.11. The summed E-state index contributed by atoms with van der Waals surface area (Å²) in [5, 5.41) is 0. The standard InChI is InChI=1S/C13H16N2O/c1-4-12-9(3)15-13(16-12)11-6-5-10(14)7-8(11)2/h5-7H,4,14H2,1-3H3. The van der Waals surface area contributed by atoms with Crippen molar-refractivity contribution in [1.82, 2.24) is 4.98 Å². The fourth-order valence-corrected chi connectivity index (χ4v) is 1.80. The maximum absolute atomic E-state index is 5.72. The van der Waals surface area contributed by atoms with Gasteiger partial charge in [0.2, 0.25) is 5.89 Å². The molecule has 3 nitrogen and oxygen atoms in total. The lowest BCUT2D eigenvalue weighted by Gasteiger charge is -2.02. The number of nitrogen functional groups attached to an aromatic ring is 1. The first kappa shape index (κ1) is 10.7. The Morgan fingerprint density at radius 3 is 2.62 bits per heavy atom. The van der Waals surface area contributed by atoms with Gasteiger partial charge in [-0.25, -0.2) is 4.98 Å². The van der Waals surface area contributed by atoms with Gasteiger partial charge in [-0.2, -0.15) is 0 Å². The number of rotatable bonds is 2. The van der Waals surface area contributed by atoms with Crippen LogP contribution in [-0.2, 0) is 6.42 Å². The van der Waals surface area contributed by atoms with E-state index in [1.807, 2.05) is 32.0 Å². The van der Waals surface area contributed by atoms with Crippen LogP contribution in [0.1, 0.15) is 23.9 Å². The van der Waals surface area contributed by atoms with Crippen molar-refractivity contribution in [2.75, 3.05) is 5.73 Å². The topological polar surface area (TPSA) is 52.0 Å². The van der Waals surface area contributed by atoms with Crippen molar-refractivity contribution < 1.29 is 4.42 Å². The summed E-state index contributed by atoms with van der Waals surface area (Å²) in [4.78, 5) is 4.43. The van der Waals surface area contributed by atoms with Crippen LogP contribution >= 0.6 is 0 Å². The molecule has 1 aromatic heterocycles. The van der Waals surface area contributed by atoms with Crippen molar-refractivity contribution in [3.8, 4) is 11.5 Å². The minimum atomic E-state index is 0.687. The Morgan fingerprint density at radius 1 is 1.31 bits per heavy atom. The molecule has 2 N–H and O–H groups in total. The van der Waals surface area contributed by atoms with E-state index >= 15 is 0 Å². The summed E-state index contributed by atoms with van der Waals surface area (Å²) in [7, 11) is 0. The molecule has 2 aromatic rings. The first-order valence-corrected chi connectivity index (χ1v) is 5.44. The van der Waals surface area contributed by atoms with E-state index in [0.717, 1.165) is 34.7 Å². The lowest BCUT2D eigenvalue weighted by Crippen LogP contribution is -1.88. The molecule has 0 fully saturated rings. The van der Waals surface area contributed by atoms with Gasteiger partial charge in [0, 0.05) is 17.7 Å². The first-order chi connectivity index (χ1) is 7.61. The molecule has 1 aromatic carbocycles. The van der Waals surface area contributed by atoms with Crippen LogP contribution in [-0.4, -0.2) is 4.98 Å². The molecule has 0 unspecified atom stereocenters.